The average molecular weight is 408 g/mol. The fourth-order valence-electron chi connectivity index (χ4n) is 4.81. The maximum Gasteiger partial charge on any atom is 0.236 e. The van der Waals surface area contributed by atoms with Crippen LogP contribution in [0.2, 0.25) is 0 Å². The molecule has 3 heterocycles. The van der Waals surface area contributed by atoms with Crippen LogP contribution in [0.5, 0.6) is 0 Å². The van der Waals surface area contributed by atoms with Gasteiger partial charge in [0.15, 0.2) is 0 Å². The molecule has 160 valence electrons. The monoisotopic (exact) mass is 407 g/mol. The van der Waals surface area contributed by atoms with Gasteiger partial charge in [0.05, 0.1) is 6.54 Å². The lowest BCUT2D eigenvalue weighted by atomic mass is 9.95. The van der Waals surface area contributed by atoms with Crippen molar-refractivity contribution in [2.45, 2.75) is 45.7 Å². The summed E-state index contributed by atoms with van der Waals surface area (Å²) in [6.07, 6.45) is 8.62. The minimum Gasteiger partial charge on any atom is -0.339 e. The lowest BCUT2D eigenvalue weighted by Gasteiger charge is -2.39. The lowest BCUT2D eigenvalue weighted by Crippen LogP contribution is -2.53. The van der Waals surface area contributed by atoms with Crippen molar-refractivity contribution in [2.24, 2.45) is 0 Å². The van der Waals surface area contributed by atoms with Crippen LogP contribution in [0.4, 0.5) is 0 Å². The van der Waals surface area contributed by atoms with Crippen LogP contribution < -0.4 is 0 Å². The summed E-state index contributed by atoms with van der Waals surface area (Å²) in [4.78, 5) is 28.0. The van der Waals surface area contributed by atoms with E-state index < -0.39 is 0 Å². The number of carbonyl (C=O) groups is 1. The fourth-order valence-corrected chi connectivity index (χ4v) is 4.81. The first-order chi connectivity index (χ1) is 14.7. The summed E-state index contributed by atoms with van der Waals surface area (Å²) in [6, 6.07) is 7.25. The van der Waals surface area contributed by atoms with Crippen LogP contribution in [-0.2, 0) is 17.8 Å². The Morgan fingerprint density at radius 1 is 0.967 bits per heavy atom. The summed E-state index contributed by atoms with van der Waals surface area (Å²) in [6.45, 7) is 10.6. The first-order valence-electron chi connectivity index (χ1n) is 11.3. The van der Waals surface area contributed by atoms with Crippen LogP contribution in [0, 0.1) is 0 Å². The molecule has 0 atom stereocenters. The van der Waals surface area contributed by atoms with Crippen molar-refractivity contribution in [3.05, 3.63) is 48.0 Å². The van der Waals surface area contributed by atoms with E-state index in [1.165, 1.54) is 24.0 Å². The van der Waals surface area contributed by atoms with Crippen LogP contribution in [0.25, 0.3) is 11.1 Å². The highest BCUT2D eigenvalue weighted by Crippen LogP contribution is 2.25. The van der Waals surface area contributed by atoms with Crippen LogP contribution in [0.1, 0.15) is 37.8 Å². The van der Waals surface area contributed by atoms with E-state index in [1.54, 1.807) is 6.33 Å². The molecule has 1 fully saturated rings. The highest BCUT2D eigenvalue weighted by molar-refractivity contribution is 5.78. The number of fused-ring (bicyclic) bond motifs is 1. The number of carbonyl (C=O) groups excluding carboxylic acids is 1. The number of nitrogens with zero attached hydrogens (tertiary/aromatic N) is 5. The van der Waals surface area contributed by atoms with Crippen molar-refractivity contribution in [2.75, 3.05) is 39.3 Å². The molecular weight excluding hydrogens is 374 g/mol. The molecule has 1 aromatic carbocycles. The summed E-state index contributed by atoms with van der Waals surface area (Å²) in [5.74, 6) is 0.278. The molecule has 0 N–H and O–H groups in total. The molecule has 1 amide bonds. The second kappa shape index (κ2) is 9.67. The number of benzene rings is 1. The van der Waals surface area contributed by atoms with Crippen molar-refractivity contribution in [1.29, 1.82) is 0 Å². The van der Waals surface area contributed by atoms with E-state index in [0.717, 1.165) is 56.8 Å². The molecule has 6 heteroatoms. The molecule has 0 aliphatic carbocycles. The van der Waals surface area contributed by atoms with Gasteiger partial charge in [0, 0.05) is 63.3 Å². The van der Waals surface area contributed by atoms with Crippen molar-refractivity contribution >= 4 is 5.91 Å². The normalized spacial score (nSPS) is 17.9. The standard InChI is InChI=1S/C24H33N5O/c1-3-23(4-2)28-9-11-29(12-10-28)24(30)17-27-8-7-20-13-19(5-6-21(20)16-27)22-14-25-18-26-15-22/h5-6,13-15,18,23H,3-4,7-12,16-17H2,1-2H3. The molecule has 0 spiro atoms. The predicted molar refractivity (Wildman–Crippen MR) is 119 cm³/mol. The van der Waals surface area contributed by atoms with Gasteiger partial charge in [-0.3, -0.25) is 14.6 Å². The van der Waals surface area contributed by atoms with Gasteiger partial charge in [-0.15, -0.1) is 0 Å². The Balaban J connectivity index is 1.32. The maximum atomic E-state index is 12.9. The Kier molecular flexibility index (Phi) is 6.75. The highest BCUT2D eigenvalue weighted by Gasteiger charge is 2.26. The molecule has 0 unspecified atom stereocenters. The average Bonchev–Trinajstić information content (AvgIpc) is 2.80. The summed E-state index contributed by atoms with van der Waals surface area (Å²) in [5.41, 5.74) is 4.91. The molecule has 0 bridgehead atoms. The number of rotatable bonds is 6. The van der Waals surface area contributed by atoms with Gasteiger partial charge in [0.2, 0.25) is 5.91 Å². The third-order valence-corrected chi connectivity index (χ3v) is 6.68. The van der Waals surface area contributed by atoms with Gasteiger partial charge in [-0.2, -0.15) is 0 Å². The molecule has 0 saturated carbocycles. The third-order valence-electron chi connectivity index (χ3n) is 6.68. The Morgan fingerprint density at radius 2 is 1.70 bits per heavy atom. The Bertz CT molecular complexity index is 844. The zero-order valence-electron chi connectivity index (χ0n) is 18.3. The number of hydrogen-bond acceptors (Lipinski definition) is 5. The van der Waals surface area contributed by atoms with E-state index in [-0.39, 0.29) is 5.91 Å². The van der Waals surface area contributed by atoms with Crippen molar-refractivity contribution < 1.29 is 4.79 Å². The number of amides is 1. The first-order valence-corrected chi connectivity index (χ1v) is 11.3. The van der Waals surface area contributed by atoms with Gasteiger partial charge in [0.1, 0.15) is 6.33 Å². The molecule has 2 aliphatic heterocycles. The molecular formula is C24H33N5O. The maximum absolute atomic E-state index is 12.9. The Morgan fingerprint density at radius 3 is 2.40 bits per heavy atom. The third kappa shape index (κ3) is 4.71. The first kappa shape index (κ1) is 20.9. The summed E-state index contributed by atoms with van der Waals surface area (Å²) in [7, 11) is 0. The van der Waals surface area contributed by atoms with Crippen LogP contribution >= 0.6 is 0 Å². The van der Waals surface area contributed by atoms with Crippen LogP contribution in [0.3, 0.4) is 0 Å². The second-order valence-corrected chi connectivity index (χ2v) is 8.46. The smallest absolute Gasteiger partial charge is 0.236 e. The van der Waals surface area contributed by atoms with E-state index >= 15 is 0 Å². The molecule has 2 aromatic rings. The zero-order valence-corrected chi connectivity index (χ0v) is 18.3. The fraction of sp³-hybridized carbons (Fsp3) is 0.542. The number of aromatic nitrogens is 2. The quantitative estimate of drug-likeness (QED) is 0.737. The molecule has 2 aliphatic rings. The Hall–Kier alpha value is -2.31. The highest BCUT2D eigenvalue weighted by atomic mass is 16.2. The van der Waals surface area contributed by atoms with E-state index in [0.29, 0.717) is 12.6 Å². The van der Waals surface area contributed by atoms with Gasteiger partial charge < -0.3 is 4.90 Å². The lowest BCUT2D eigenvalue weighted by molar-refractivity contribution is -0.134. The molecule has 1 saturated heterocycles. The van der Waals surface area contributed by atoms with Gasteiger partial charge >= 0.3 is 0 Å². The van der Waals surface area contributed by atoms with Gasteiger partial charge in [-0.25, -0.2) is 9.97 Å². The van der Waals surface area contributed by atoms with Crippen LogP contribution in [-0.4, -0.2) is 75.9 Å². The van der Waals surface area contributed by atoms with Gasteiger partial charge in [0.25, 0.3) is 0 Å². The SMILES string of the molecule is CCC(CC)N1CCN(C(=O)CN2CCc3cc(-c4cncnc4)ccc3C2)CC1. The van der Waals surface area contributed by atoms with Crippen molar-refractivity contribution in [1.82, 2.24) is 24.7 Å². The molecule has 1 aromatic heterocycles. The summed E-state index contributed by atoms with van der Waals surface area (Å²) < 4.78 is 0. The second-order valence-electron chi connectivity index (χ2n) is 8.46. The summed E-state index contributed by atoms with van der Waals surface area (Å²) >= 11 is 0. The predicted octanol–water partition coefficient (Wildman–Crippen LogP) is 2.83. The van der Waals surface area contributed by atoms with E-state index in [9.17, 15) is 4.79 Å². The van der Waals surface area contributed by atoms with Crippen LogP contribution in [0.15, 0.2) is 36.9 Å². The van der Waals surface area contributed by atoms with Crippen molar-refractivity contribution in [3.63, 3.8) is 0 Å². The van der Waals surface area contributed by atoms with E-state index in [2.05, 4.69) is 56.7 Å². The molecule has 0 radical (unpaired) electrons. The topological polar surface area (TPSA) is 52.6 Å². The summed E-state index contributed by atoms with van der Waals surface area (Å²) in [5, 5.41) is 0. The Labute approximate surface area is 179 Å². The minimum atomic E-state index is 0.278. The zero-order chi connectivity index (χ0) is 20.9. The number of hydrogen-bond donors (Lipinski definition) is 0. The van der Waals surface area contributed by atoms with Gasteiger partial charge in [-0.1, -0.05) is 32.0 Å². The number of piperazine rings is 1. The van der Waals surface area contributed by atoms with E-state index in [1.807, 2.05) is 12.4 Å². The molecule has 30 heavy (non-hydrogen) atoms. The van der Waals surface area contributed by atoms with E-state index in [4.69, 9.17) is 0 Å². The molecule has 6 nitrogen and oxygen atoms in total. The van der Waals surface area contributed by atoms with Crippen molar-refractivity contribution in [3.8, 4) is 11.1 Å². The minimum absolute atomic E-state index is 0.278. The molecule has 4 rings (SSSR count). The van der Waals surface area contributed by atoms with Gasteiger partial charge in [-0.05, 0) is 36.0 Å². The largest absolute Gasteiger partial charge is 0.339 e.